The Morgan fingerprint density at radius 3 is 2.12 bits per heavy atom. The molecule has 0 rings (SSSR count). The normalized spacial score (nSPS) is 11.5. The molecule has 5 nitrogen and oxygen atoms in total. The van der Waals surface area contributed by atoms with Crippen LogP contribution in [0.1, 0.15) is 61.3 Å². The number of alkyl halides is 1. The molecule has 1 amide bonds. The van der Waals surface area contributed by atoms with Gasteiger partial charge in [-0.05, 0) is 40.3 Å². The molecule has 0 fully saturated rings. The van der Waals surface area contributed by atoms with Crippen molar-refractivity contribution in [2.45, 2.75) is 73.1 Å². The Morgan fingerprint density at radius 1 is 1.08 bits per heavy atom. The lowest BCUT2D eigenvalue weighted by atomic mass is 10.0. The minimum Gasteiger partial charge on any atom is -0.381 e. The highest BCUT2D eigenvalue weighted by Gasteiger charge is 2.30. The minimum atomic E-state index is -1.23. The zero-order valence-electron chi connectivity index (χ0n) is 17.1. The van der Waals surface area contributed by atoms with Crippen molar-refractivity contribution < 1.29 is 18.7 Å². The lowest BCUT2D eigenvalue weighted by molar-refractivity contribution is -0.120. The largest absolute Gasteiger partial charge is 0.381 e. The van der Waals surface area contributed by atoms with Crippen LogP contribution in [0.5, 0.6) is 0 Å². The Morgan fingerprint density at radius 2 is 1.62 bits per heavy atom. The SMILES string of the molecule is CC.CC.CNCCCOCCCOC(C)(C)C(F)CNC(C)=O. The minimum absolute atomic E-state index is 0.0249. The highest BCUT2D eigenvalue weighted by molar-refractivity contribution is 5.72. The maximum absolute atomic E-state index is 13.9. The van der Waals surface area contributed by atoms with Gasteiger partial charge in [-0.15, -0.1) is 0 Å². The van der Waals surface area contributed by atoms with Crippen molar-refractivity contribution in [3.8, 4) is 0 Å². The van der Waals surface area contributed by atoms with E-state index in [2.05, 4.69) is 10.6 Å². The fourth-order valence-corrected chi connectivity index (χ4v) is 1.52. The first-order valence-electron chi connectivity index (χ1n) is 9.15. The van der Waals surface area contributed by atoms with Crippen LogP contribution in [0.4, 0.5) is 4.39 Å². The summed E-state index contributed by atoms with van der Waals surface area (Å²) >= 11 is 0. The van der Waals surface area contributed by atoms with Crippen molar-refractivity contribution in [3.63, 3.8) is 0 Å². The van der Waals surface area contributed by atoms with Gasteiger partial charge >= 0.3 is 0 Å². The average Bonchev–Trinajstić information content (AvgIpc) is 2.58. The van der Waals surface area contributed by atoms with E-state index in [1.807, 2.05) is 34.7 Å². The third-order valence-electron chi connectivity index (χ3n) is 2.91. The molecule has 0 saturated carbocycles. The predicted molar refractivity (Wildman–Crippen MR) is 100 cm³/mol. The standard InChI is InChI=1S/C14H29FN2O3.2C2H6/c1-12(18)17-11-13(15)14(2,3)20-10-6-9-19-8-5-7-16-4;2*1-2/h13,16H,5-11H2,1-4H3,(H,17,18);2*1-2H3. The Hall–Kier alpha value is -0.720. The second-order valence-electron chi connectivity index (χ2n) is 5.28. The van der Waals surface area contributed by atoms with E-state index in [0.717, 1.165) is 26.0 Å². The van der Waals surface area contributed by atoms with E-state index in [9.17, 15) is 9.18 Å². The Bertz CT molecular complexity index is 265. The van der Waals surface area contributed by atoms with Gasteiger partial charge in [-0.25, -0.2) is 4.39 Å². The van der Waals surface area contributed by atoms with Gasteiger partial charge in [0.25, 0.3) is 0 Å². The van der Waals surface area contributed by atoms with E-state index < -0.39 is 11.8 Å². The number of nitrogens with one attached hydrogen (secondary N) is 2. The van der Waals surface area contributed by atoms with Gasteiger partial charge in [0.1, 0.15) is 6.17 Å². The fraction of sp³-hybridized carbons (Fsp3) is 0.944. The summed E-state index contributed by atoms with van der Waals surface area (Å²) in [5, 5.41) is 5.50. The van der Waals surface area contributed by atoms with Crippen molar-refractivity contribution in [2.75, 3.05) is 40.0 Å². The maximum atomic E-state index is 13.9. The van der Waals surface area contributed by atoms with Gasteiger partial charge in [-0.2, -0.15) is 0 Å². The van der Waals surface area contributed by atoms with Crippen molar-refractivity contribution >= 4 is 5.91 Å². The summed E-state index contributed by atoms with van der Waals surface area (Å²) in [5.74, 6) is -0.238. The first-order chi connectivity index (χ1) is 11.4. The molecule has 0 aromatic rings. The van der Waals surface area contributed by atoms with Crippen molar-refractivity contribution in [1.82, 2.24) is 10.6 Å². The second-order valence-corrected chi connectivity index (χ2v) is 5.28. The van der Waals surface area contributed by atoms with Crippen molar-refractivity contribution in [1.29, 1.82) is 0 Å². The van der Waals surface area contributed by atoms with Gasteiger partial charge in [0.15, 0.2) is 0 Å². The summed E-state index contributed by atoms with van der Waals surface area (Å²) in [6.07, 6.45) is 0.477. The molecule has 24 heavy (non-hydrogen) atoms. The lowest BCUT2D eigenvalue weighted by Gasteiger charge is -2.29. The van der Waals surface area contributed by atoms with Gasteiger partial charge in [0.05, 0.1) is 12.1 Å². The summed E-state index contributed by atoms with van der Waals surface area (Å²) in [5.41, 5.74) is -0.908. The number of ether oxygens (including phenoxy) is 2. The van der Waals surface area contributed by atoms with Crippen LogP contribution in [0.25, 0.3) is 0 Å². The van der Waals surface area contributed by atoms with E-state index in [-0.39, 0.29) is 12.5 Å². The second kappa shape index (κ2) is 20.3. The van der Waals surface area contributed by atoms with Gasteiger partial charge < -0.3 is 20.1 Å². The molecule has 0 aliphatic heterocycles. The Kier molecular flexibility index (Phi) is 23.8. The summed E-state index contributed by atoms with van der Waals surface area (Å²) in [7, 11) is 1.91. The van der Waals surface area contributed by atoms with Crippen LogP contribution in [0.15, 0.2) is 0 Å². The maximum Gasteiger partial charge on any atom is 0.216 e. The highest BCUT2D eigenvalue weighted by atomic mass is 19.1. The van der Waals surface area contributed by atoms with Crippen LogP contribution in [0.3, 0.4) is 0 Å². The van der Waals surface area contributed by atoms with E-state index in [0.29, 0.717) is 13.2 Å². The van der Waals surface area contributed by atoms with Crippen molar-refractivity contribution in [3.05, 3.63) is 0 Å². The summed E-state index contributed by atoms with van der Waals surface area (Å²) in [4.78, 5) is 10.7. The number of hydrogen-bond acceptors (Lipinski definition) is 4. The lowest BCUT2D eigenvalue weighted by Crippen LogP contribution is -2.43. The molecule has 0 saturated heterocycles. The molecule has 0 spiro atoms. The summed E-state index contributed by atoms with van der Waals surface area (Å²) in [6, 6.07) is 0. The zero-order valence-corrected chi connectivity index (χ0v) is 17.1. The predicted octanol–water partition coefficient (Wildman–Crippen LogP) is 3.32. The monoisotopic (exact) mass is 352 g/mol. The van der Waals surface area contributed by atoms with Crippen molar-refractivity contribution in [2.24, 2.45) is 0 Å². The molecule has 1 atom stereocenters. The third kappa shape index (κ3) is 19.3. The van der Waals surface area contributed by atoms with Crippen LogP contribution in [-0.2, 0) is 14.3 Å². The summed E-state index contributed by atoms with van der Waals surface area (Å²) < 4.78 is 24.8. The smallest absolute Gasteiger partial charge is 0.216 e. The van der Waals surface area contributed by atoms with E-state index in [1.165, 1.54) is 6.92 Å². The molecule has 0 bridgehead atoms. The Labute approximate surface area is 149 Å². The number of hydrogen-bond donors (Lipinski definition) is 2. The highest BCUT2D eigenvalue weighted by Crippen LogP contribution is 2.18. The molecule has 0 aliphatic rings. The van der Waals surface area contributed by atoms with E-state index in [4.69, 9.17) is 9.47 Å². The number of carbonyl (C=O) groups excluding carboxylic acids is 1. The van der Waals surface area contributed by atoms with Gasteiger partial charge in [-0.3, -0.25) is 4.79 Å². The molecule has 0 radical (unpaired) electrons. The average molecular weight is 353 g/mol. The van der Waals surface area contributed by atoms with Gasteiger partial charge in [0.2, 0.25) is 5.91 Å². The first kappa shape index (κ1) is 28.1. The molecule has 6 heteroatoms. The van der Waals surface area contributed by atoms with Crippen LogP contribution in [-0.4, -0.2) is 57.6 Å². The Balaban J connectivity index is -0.00000102. The fourth-order valence-electron chi connectivity index (χ4n) is 1.52. The van der Waals surface area contributed by atoms with Crippen LogP contribution in [0, 0.1) is 0 Å². The van der Waals surface area contributed by atoms with Crippen LogP contribution >= 0.6 is 0 Å². The quantitative estimate of drug-likeness (QED) is 0.529. The number of halogens is 1. The number of carbonyl (C=O) groups is 1. The van der Waals surface area contributed by atoms with Gasteiger partial charge in [0, 0.05) is 26.7 Å². The van der Waals surface area contributed by atoms with Gasteiger partial charge in [-0.1, -0.05) is 27.7 Å². The molecule has 0 aromatic heterocycles. The molecule has 148 valence electrons. The van der Waals surface area contributed by atoms with E-state index >= 15 is 0 Å². The molecule has 1 unspecified atom stereocenters. The first-order valence-corrected chi connectivity index (χ1v) is 9.15. The van der Waals surface area contributed by atoms with Crippen LogP contribution in [0.2, 0.25) is 0 Å². The van der Waals surface area contributed by atoms with E-state index in [1.54, 1.807) is 13.8 Å². The molecular formula is C18H41FN2O3. The molecule has 0 aliphatic carbocycles. The third-order valence-corrected chi connectivity index (χ3v) is 2.91. The molecular weight excluding hydrogens is 311 g/mol. The number of amides is 1. The molecule has 0 aromatic carbocycles. The topological polar surface area (TPSA) is 59.6 Å². The summed E-state index contributed by atoms with van der Waals surface area (Å²) in [6.45, 7) is 15.4. The molecule has 0 heterocycles. The number of rotatable bonds is 12. The molecule has 2 N–H and O–H groups in total. The van der Waals surface area contributed by atoms with Crippen LogP contribution < -0.4 is 10.6 Å². The zero-order chi connectivity index (χ0) is 19.4.